The molecule has 0 atom stereocenters. The van der Waals surface area contributed by atoms with Crippen LogP contribution in [0.15, 0.2) is 46.7 Å². The van der Waals surface area contributed by atoms with Crippen LogP contribution in [0.25, 0.3) is 10.6 Å². The Bertz CT molecular complexity index is 1130. The van der Waals surface area contributed by atoms with Crippen molar-refractivity contribution >= 4 is 56.3 Å². The molecular weight excluding hydrogens is 467 g/mol. The highest BCUT2D eigenvalue weighted by Crippen LogP contribution is 2.33. The van der Waals surface area contributed by atoms with E-state index in [1.165, 1.54) is 16.4 Å². The largest absolute Gasteiger partial charge is 0.309 e. The third-order valence-electron chi connectivity index (χ3n) is 4.96. The zero-order chi connectivity index (χ0) is 21.3. The number of aromatic nitrogens is 2. The summed E-state index contributed by atoms with van der Waals surface area (Å²) in [6.45, 7) is 0.423. The van der Waals surface area contributed by atoms with Gasteiger partial charge in [-0.1, -0.05) is 35.3 Å². The minimum absolute atomic E-state index is 0.0856. The van der Waals surface area contributed by atoms with Crippen LogP contribution in [-0.2, 0) is 14.8 Å². The van der Waals surface area contributed by atoms with Crippen LogP contribution in [0.5, 0.6) is 0 Å². The normalized spacial score (nSPS) is 15.9. The maximum absolute atomic E-state index is 13.0. The summed E-state index contributed by atoms with van der Waals surface area (Å²) in [4.78, 5) is 13.6. The van der Waals surface area contributed by atoms with Gasteiger partial charge in [-0.2, -0.15) is 9.40 Å². The Morgan fingerprint density at radius 2 is 1.87 bits per heavy atom. The number of thiophene rings is 1. The van der Waals surface area contributed by atoms with E-state index in [0.717, 1.165) is 10.6 Å². The fourth-order valence-corrected chi connectivity index (χ4v) is 6.64. The van der Waals surface area contributed by atoms with Gasteiger partial charge in [0.2, 0.25) is 15.9 Å². The molecule has 1 aromatic carbocycles. The van der Waals surface area contributed by atoms with E-state index in [4.69, 9.17) is 23.2 Å². The third-order valence-corrected chi connectivity index (χ3v) is 8.72. The highest BCUT2D eigenvalue weighted by atomic mass is 35.5. The SMILES string of the molecule is O=C(Nc1cc(-c2cccs2)[nH]n1)C1CCN(S(=O)(=O)c2c(Cl)cccc2Cl)CC1. The van der Waals surface area contributed by atoms with Crippen LogP contribution in [0.3, 0.4) is 0 Å². The van der Waals surface area contributed by atoms with Crippen molar-refractivity contribution in [2.24, 2.45) is 5.92 Å². The molecule has 7 nitrogen and oxygen atoms in total. The van der Waals surface area contributed by atoms with E-state index in [-0.39, 0.29) is 39.9 Å². The molecule has 2 N–H and O–H groups in total. The van der Waals surface area contributed by atoms with Gasteiger partial charge >= 0.3 is 0 Å². The Kier molecular flexibility index (Phi) is 6.17. The molecule has 0 unspecified atom stereocenters. The summed E-state index contributed by atoms with van der Waals surface area (Å²) in [6, 6.07) is 10.3. The summed E-state index contributed by atoms with van der Waals surface area (Å²) in [7, 11) is -3.83. The Labute approximate surface area is 188 Å². The number of aromatic amines is 1. The first kappa shape index (κ1) is 21.3. The lowest BCUT2D eigenvalue weighted by atomic mass is 9.97. The zero-order valence-corrected chi connectivity index (χ0v) is 18.8. The van der Waals surface area contributed by atoms with E-state index in [9.17, 15) is 13.2 Å². The summed E-state index contributed by atoms with van der Waals surface area (Å²) < 4.78 is 27.2. The van der Waals surface area contributed by atoms with Gasteiger partial charge in [0.15, 0.2) is 5.82 Å². The third kappa shape index (κ3) is 4.26. The monoisotopic (exact) mass is 484 g/mol. The molecular formula is C19H18Cl2N4O3S2. The highest BCUT2D eigenvalue weighted by Gasteiger charge is 2.34. The fourth-order valence-electron chi connectivity index (χ4n) is 3.39. The molecule has 158 valence electrons. The van der Waals surface area contributed by atoms with E-state index in [2.05, 4.69) is 15.5 Å². The number of benzene rings is 1. The van der Waals surface area contributed by atoms with Crippen molar-refractivity contribution in [3.8, 4) is 10.6 Å². The topological polar surface area (TPSA) is 95.2 Å². The van der Waals surface area contributed by atoms with E-state index in [1.807, 2.05) is 17.5 Å². The van der Waals surface area contributed by atoms with Gasteiger partial charge in [-0.25, -0.2) is 8.42 Å². The Balaban J connectivity index is 1.39. The second-order valence-electron chi connectivity index (χ2n) is 6.86. The quantitative estimate of drug-likeness (QED) is 0.557. The summed E-state index contributed by atoms with van der Waals surface area (Å²) in [5.74, 6) is -0.0339. The van der Waals surface area contributed by atoms with Crippen LogP contribution in [0.4, 0.5) is 5.82 Å². The number of sulfonamides is 1. The average Bonchev–Trinajstić information content (AvgIpc) is 3.39. The molecule has 3 heterocycles. The minimum atomic E-state index is -3.83. The Morgan fingerprint density at radius 3 is 2.50 bits per heavy atom. The first-order chi connectivity index (χ1) is 14.4. The van der Waals surface area contributed by atoms with Gasteiger partial charge < -0.3 is 5.32 Å². The molecule has 1 aliphatic rings. The highest BCUT2D eigenvalue weighted by molar-refractivity contribution is 7.89. The Hall–Kier alpha value is -1.91. The Morgan fingerprint density at radius 1 is 1.17 bits per heavy atom. The first-order valence-corrected chi connectivity index (χ1v) is 12.3. The molecule has 1 aliphatic heterocycles. The average molecular weight is 485 g/mol. The molecule has 11 heteroatoms. The number of carbonyl (C=O) groups is 1. The van der Waals surface area contributed by atoms with Crippen LogP contribution >= 0.6 is 34.5 Å². The number of hydrogen-bond acceptors (Lipinski definition) is 5. The molecule has 0 spiro atoms. The van der Waals surface area contributed by atoms with Crippen LogP contribution in [0.1, 0.15) is 12.8 Å². The van der Waals surface area contributed by atoms with Gasteiger partial charge in [0.05, 0.1) is 20.6 Å². The minimum Gasteiger partial charge on any atom is -0.309 e. The molecule has 4 rings (SSSR count). The number of nitrogens with zero attached hydrogens (tertiary/aromatic N) is 2. The number of anilines is 1. The summed E-state index contributed by atoms with van der Waals surface area (Å²) in [6.07, 6.45) is 0.796. The van der Waals surface area contributed by atoms with Gasteiger partial charge in [0.25, 0.3) is 0 Å². The van der Waals surface area contributed by atoms with Gasteiger partial charge in [-0.15, -0.1) is 11.3 Å². The number of carbonyl (C=O) groups excluding carboxylic acids is 1. The molecule has 3 aromatic rings. The summed E-state index contributed by atoms with van der Waals surface area (Å²) in [5.41, 5.74) is 0.831. The molecule has 30 heavy (non-hydrogen) atoms. The molecule has 0 saturated carbocycles. The number of nitrogens with one attached hydrogen (secondary N) is 2. The number of piperidine rings is 1. The van der Waals surface area contributed by atoms with Crippen molar-refractivity contribution in [3.63, 3.8) is 0 Å². The van der Waals surface area contributed by atoms with E-state index in [0.29, 0.717) is 18.7 Å². The van der Waals surface area contributed by atoms with Crippen LogP contribution in [0.2, 0.25) is 10.0 Å². The van der Waals surface area contributed by atoms with Crippen LogP contribution in [0, 0.1) is 5.92 Å². The number of hydrogen-bond donors (Lipinski definition) is 2. The molecule has 0 aliphatic carbocycles. The lowest BCUT2D eigenvalue weighted by Crippen LogP contribution is -2.41. The molecule has 2 aromatic heterocycles. The lowest BCUT2D eigenvalue weighted by molar-refractivity contribution is -0.120. The van der Waals surface area contributed by atoms with Gasteiger partial charge in [-0.05, 0) is 36.4 Å². The number of amides is 1. The lowest BCUT2D eigenvalue weighted by Gasteiger charge is -2.30. The molecule has 1 saturated heterocycles. The zero-order valence-electron chi connectivity index (χ0n) is 15.6. The molecule has 0 bridgehead atoms. The maximum Gasteiger partial charge on any atom is 0.246 e. The molecule has 0 radical (unpaired) electrons. The smallest absolute Gasteiger partial charge is 0.246 e. The first-order valence-electron chi connectivity index (χ1n) is 9.20. The van der Waals surface area contributed by atoms with E-state index in [1.54, 1.807) is 23.5 Å². The number of rotatable bonds is 5. The molecule has 1 fully saturated rings. The summed E-state index contributed by atoms with van der Waals surface area (Å²) in [5, 5.41) is 12.0. The van der Waals surface area contributed by atoms with E-state index < -0.39 is 10.0 Å². The van der Waals surface area contributed by atoms with Crippen LogP contribution < -0.4 is 5.32 Å². The van der Waals surface area contributed by atoms with Crippen molar-refractivity contribution in [2.45, 2.75) is 17.7 Å². The fraction of sp³-hybridized carbons (Fsp3) is 0.263. The van der Waals surface area contributed by atoms with Crippen molar-refractivity contribution < 1.29 is 13.2 Å². The molecule has 1 amide bonds. The van der Waals surface area contributed by atoms with Crippen molar-refractivity contribution in [3.05, 3.63) is 51.8 Å². The van der Waals surface area contributed by atoms with Crippen LogP contribution in [-0.4, -0.2) is 41.9 Å². The second kappa shape index (κ2) is 8.68. The predicted octanol–water partition coefficient (Wildman–Crippen LogP) is 4.48. The van der Waals surface area contributed by atoms with Crippen molar-refractivity contribution in [2.75, 3.05) is 18.4 Å². The van der Waals surface area contributed by atoms with E-state index >= 15 is 0 Å². The second-order valence-corrected chi connectivity index (χ2v) is 10.5. The van der Waals surface area contributed by atoms with Gasteiger partial charge in [0.1, 0.15) is 4.90 Å². The van der Waals surface area contributed by atoms with Crippen molar-refractivity contribution in [1.82, 2.24) is 14.5 Å². The number of H-pyrrole nitrogens is 1. The maximum atomic E-state index is 13.0. The summed E-state index contributed by atoms with van der Waals surface area (Å²) >= 11 is 13.7. The van der Waals surface area contributed by atoms with Crippen molar-refractivity contribution in [1.29, 1.82) is 0 Å². The number of halogens is 2. The standard InChI is InChI=1S/C19H18Cl2N4O3S2/c20-13-3-1-4-14(21)18(13)30(27,28)25-8-6-12(7-9-25)19(26)22-17-11-15(23-24-17)16-5-2-10-29-16/h1-5,10-12H,6-9H2,(H2,22,23,24,26). The predicted molar refractivity (Wildman–Crippen MR) is 118 cm³/mol. The van der Waals surface area contributed by atoms with Gasteiger partial charge in [0, 0.05) is 25.1 Å². The van der Waals surface area contributed by atoms with Gasteiger partial charge in [-0.3, -0.25) is 9.89 Å².